The molecular weight excluding hydrogens is 1280 g/mol. The minimum Gasteiger partial charge on any atom is -0.311 e. The van der Waals surface area contributed by atoms with Gasteiger partial charge in [-0.15, -0.1) is 0 Å². The molecule has 0 radical (unpaired) electrons. The van der Waals surface area contributed by atoms with Crippen LogP contribution in [0, 0.1) is 0 Å². The number of para-hydroxylation sites is 6. The van der Waals surface area contributed by atoms with E-state index in [2.05, 4.69) is 337 Å². The molecule has 16 aromatic carbocycles. The van der Waals surface area contributed by atoms with Gasteiger partial charge in [-0.05, 0) is 169 Å². The number of fused-ring (bicyclic) bond motifs is 13. The van der Waals surface area contributed by atoms with Crippen molar-refractivity contribution >= 4 is 123 Å². The highest BCUT2D eigenvalue weighted by molar-refractivity contribution is 7.00. The molecule has 0 atom stereocenters. The third-order valence-corrected chi connectivity index (χ3v) is 22.0. The van der Waals surface area contributed by atoms with Gasteiger partial charge in [0.2, 0.25) is 0 Å². The number of nitrogens with zero attached hydrogens (tertiary/aromatic N) is 5. The fourth-order valence-electron chi connectivity index (χ4n) is 17.2. The van der Waals surface area contributed by atoms with Crippen LogP contribution in [0.3, 0.4) is 0 Å². The molecule has 498 valence electrons. The van der Waals surface area contributed by atoms with Crippen molar-refractivity contribution in [3.63, 3.8) is 0 Å². The van der Waals surface area contributed by atoms with E-state index in [1.807, 2.05) is 24.3 Å². The molecule has 2 aliphatic rings. The lowest BCUT2D eigenvalue weighted by molar-refractivity contribution is 0.590. The number of hydrogen-bond acceptors (Lipinski definition) is 2. The second kappa shape index (κ2) is 24.1. The Morgan fingerprint density at radius 1 is 0.264 bits per heavy atom. The summed E-state index contributed by atoms with van der Waals surface area (Å²) < 4.78 is 84.0. The second-order valence-electron chi connectivity index (χ2n) is 29.0. The van der Waals surface area contributed by atoms with E-state index in [0.717, 1.165) is 150 Å². The van der Waals surface area contributed by atoms with Crippen LogP contribution in [0.4, 0.5) is 34.1 Å². The summed E-state index contributed by atoms with van der Waals surface area (Å²) in [5, 5.41) is 4.51. The minimum atomic E-state index is -0.516. The van der Waals surface area contributed by atoms with Crippen molar-refractivity contribution < 1.29 is 11.0 Å². The topological polar surface area (TPSA) is 21.3 Å². The molecule has 0 saturated carbocycles. The van der Waals surface area contributed by atoms with E-state index in [4.69, 9.17) is 0 Å². The van der Waals surface area contributed by atoms with Crippen molar-refractivity contribution in [1.29, 1.82) is 0 Å². The van der Waals surface area contributed by atoms with Crippen molar-refractivity contribution in [2.45, 2.75) is 26.2 Å². The van der Waals surface area contributed by atoms with Crippen LogP contribution in [0.5, 0.6) is 0 Å². The maximum absolute atomic E-state index is 10.2. The van der Waals surface area contributed by atoms with E-state index in [0.29, 0.717) is 5.69 Å². The molecule has 3 aromatic heterocycles. The molecule has 0 spiro atoms. The van der Waals surface area contributed by atoms with Crippen LogP contribution in [-0.2, 0) is 5.41 Å². The Morgan fingerprint density at radius 3 is 1.25 bits per heavy atom. The normalized spacial score (nSPS) is 13.7. The van der Waals surface area contributed by atoms with Gasteiger partial charge >= 0.3 is 0 Å². The van der Waals surface area contributed by atoms with Gasteiger partial charge in [-0.1, -0.05) is 294 Å². The van der Waals surface area contributed by atoms with Crippen molar-refractivity contribution in [2.75, 3.05) is 9.80 Å². The molecular formula is C100H70BN5. The van der Waals surface area contributed by atoms with E-state index < -0.39 is 55.1 Å². The van der Waals surface area contributed by atoms with Crippen LogP contribution in [0.25, 0.3) is 138 Å². The van der Waals surface area contributed by atoms with Gasteiger partial charge in [0.05, 0.1) is 55.4 Å². The van der Waals surface area contributed by atoms with Crippen LogP contribution >= 0.6 is 0 Å². The van der Waals surface area contributed by atoms with Gasteiger partial charge in [0.1, 0.15) is 0 Å². The Hall–Kier alpha value is -13.4. The first kappa shape index (κ1) is 53.4. The molecule has 0 N–H and O–H groups in total. The summed E-state index contributed by atoms with van der Waals surface area (Å²) in [5.74, 6) is 0. The number of rotatable bonds is 10. The minimum absolute atomic E-state index is 0.0133. The van der Waals surface area contributed by atoms with Crippen LogP contribution in [0.2, 0.25) is 0 Å². The van der Waals surface area contributed by atoms with Crippen molar-refractivity contribution in [3.05, 3.63) is 375 Å². The maximum atomic E-state index is 10.2. The molecule has 106 heavy (non-hydrogen) atoms. The zero-order valence-corrected chi connectivity index (χ0v) is 58.4. The van der Waals surface area contributed by atoms with E-state index in [1.165, 1.54) is 16.3 Å². The fraction of sp³-hybridized carbons (Fsp3) is 0.0400. The first-order chi connectivity index (χ1) is 55.6. The third-order valence-electron chi connectivity index (χ3n) is 22.0. The zero-order valence-electron chi connectivity index (χ0n) is 66.4. The summed E-state index contributed by atoms with van der Waals surface area (Å²) in [4.78, 5) is 4.81. The van der Waals surface area contributed by atoms with Crippen molar-refractivity contribution in [1.82, 2.24) is 13.7 Å². The molecule has 19 aromatic rings. The van der Waals surface area contributed by atoms with Gasteiger partial charge in [0, 0.05) is 83.3 Å². The molecule has 0 bridgehead atoms. The molecule has 0 saturated heterocycles. The fourth-order valence-corrected chi connectivity index (χ4v) is 17.2. The molecule has 0 amide bonds. The highest BCUT2D eigenvalue weighted by atomic mass is 15.2. The number of benzene rings is 16. The number of aromatic nitrogens is 3. The number of hydrogen-bond donors (Lipinski definition) is 0. The predicted molar refractivity (Wildman–Crippen MR) is 449 cm³/mol. The molecule has 5 heterocycles. The smallest absolute Gasteiger partial charge is 0.252 e. The standard InChI is InChI=1S/C100H70BN5/c1-100(2,3)73-37-26-36-69(57-73)70-50-53-86-94(60-70)105(76-58-71(65-28-8-4-9-29-65)56-72(59-76)66-30-10-5-11-31-66)96-63-77(104-90-47-23-18-40-82(90)83-41-19-24-48-91(83)104)64-97-98(96)101(86)87-54-51-75(62-95(87)106(97)99-78(67-32-12-6-13-33-67)43-27-44-79(99)68-34-14-7-15-35-68)103-92-49-25-20-42-84(92)85-61-74(52-55-93(85)103)102-88-45-21-16-38-80(88)81-39-17-22-46-89(81)102/h4-64H,1-3H3/i18D,19D,23D,24D,40D,41D,47D,48D. The zero-order chi connectivity index (χ0) is 77.3. The van der Waals surface area contributed by atoms with E-state index in [9.17, 15) is 11.0 Å². The van der Waals surface area contributed by atoms with Crippen LogP contribution in [0.15, 0.2) is 370 Å². The van der Waals surface area contributed by atoms with Crippen molar-refractivity contribution in [3.8, 4) is 72.7 Å². The summed E-state index contributed by atoms with van der Waals surface area (Å²) in [6, 6.07) is 111. The summed E-state index contributed by atoms with van der Waals surface area (Å²) in [5.41, 5.74) is 25.3. The third kappa shape index (κ3) is 9.64. The summed E-state index contributed by atoms with van der Waals surface area (Å²) in [7, 11) is 0. The quantitative estimate of drug-likeness (QED) is 0.127. The van der Waals surface area contributed by atoms with Gasteiger partial charge < -0.3 is 23.5 Å². The largest absolute Gasteiger partial charge is 0.311 e. The Labute approximate surface area is 627 Å². The Kier molecular flexibility index (Phi) is 12.1. The predicted octanol–water partition coefficient (Wildman–Crippen LogP) is 24.7. The number of anilines is 6. The molecule has 21 rings (SSSR count). The van der Waals surface area contributed by atoms with Gasteiger partial charge in [-0.25, -0.2) is 0 Å². The Morgan fingerprint density at radius 2 is 0.689 bits per heavy atom. The van der Waals surface area contributed by atoms with Gasteiger partial charge in [0.15, 0.2) is 0 Å². The van der Waals surface area contributed by atoms with E-state index >= 15 is 0 Å². The first-order valence-corrected chi connectivity index (χ1v) is 36.3. The second-order valence-corrected chi connectivity index (χ2v) is 29.0. The molecule has 0 aliphatic carbocycles. The molecule has 5 nitrogen and oxygen atoms in total. The highest BCUT2D eigenvalue weighted by Crippen LogP contribution is 2.53. The average Bonchev–Trinajstić information content (AvgIpc) is 0.892. The molecule has 0 fully saturated rings. The summed E-state index contributed by atoms with van der Waals surface area (Å²) >= 11 is 0. The lowest BCUT2D eigenvalue weighted by atomic mass is 9.33. The lowest BCUT2D eigenvalue weighted by Crippen LogP contribution is -2.61. The van der Waals surface area contributed by atoms with E-state index in [1.54, 1.807) is 4.57 Å². The van der Waals surface area contributed by atoms with Crippen LogP contribution in [0.1, 0.15) is 37.3 Å². The summed E-state index contributed by atoms with van der Waals surface area (Å²) in [6.07, 6.45) is 0. The highest BCUT2D eigenvalue weighted by Gasteiger charge is 2.45. The monoisotopic (exact) mass is 1360 g/mol. The lowest BCUT2D eigenvalue weighted by Gasteiger charge is -2.45. The van der Waals surface area contributed by atoms with Gasteiger partial charge in [-0.2, -0.15) is 0 Å². The summed E-state index contributed by atoms with van der Waals surface area (Å²) in [6.45, 7) is 6.21. The molecule has 2 aliphatic heterocycles. The van der Waals surface area contributed by atoms with Gasteiger partial charge in [-0.3, -0.25) is 0 Å². The van der Waals surface area contributed by atoms with E-state index in [-0.39, 0.29) is 27.2 Å². The molecule has 0 unspecified atom stereocenters. The van der Waals surface area contributed by atoms with Gasteiger partial charge in [0.25, 0.3) is 6.71 Å². The Bertz CT molecular complexity index is 7030. The average molecular weight is 1360 g/mol. The molecule has 6 heteroatoms. The first-order valence-electron chi connectivity index (χ1n) is 40.3. The maximum Gasteiger partial charge on any atom is 0.252 e. The van der Waals surface area contributed by atoms with Crippen LogP contribution in [-0.4, -0.2) is 20.4 Å². The van der Waals surface area contributed by atoms with Crippen LogP contribution < -0.4 is 26.2 Å². The Balaban J connectivity index is 0.937. The van der Waals surface area contributed by atoms with Crippen molar-refractivity contribution in [2.24, 2.45) is 0 Å². The SMILES string of the molecule is [2H]c1c([2H])c([2H])c2c(c1[2H])c1c([2H])c([2H])c([2H])c([2H])c1n2-c1cc2c3c(c1)N(c1c(-c4ccccc4)cccc1-c1ccccc1)c1cc(-n4c5ccccc5c5cc(-n6c7ccccc7c7ccccc76)ccc54)ccc1B3c1ccc(-c3cccc(C(C)(C)C)c3)cc1N2c1cc(-c2ccccc2)cc(-c2ccccc2)c1.